The van der Waals surface area contributed by atoms with Gasteiger partial charge in [-0.15, -0.1) is 0 Å². The van der Waals surface area contributed by atoms with Crippen LogP contribution in [0.5, 0.6) is 11.5 Å². The van der Waals surface area contributed by atoms with E-state index in [2.05, 4.69) is 5.32 Å². The van der Waals surface area contributed by atoms with Crippen LogP contribution >= 0.6 is 24.0 Å². The largest absolute Gasteiger partial charge is 0.493 e. The van der Waals surface area contributed by atoms with E-state index in [-0.39, 0.29) is 18.4 Å². The molecule has 0 saturated carbocycles. The number of carbonyl (C=O) groups is 2. The van der Waals surface area contributed by atoms with Gasteiger partial charge in [-0.2, -0.15) is 0 Å². The van der Waals surface area contributed by atoms with E-state index >= 15 is 0 Å². The third-order valence-corrected chi connectivity index (χ3v) is 5.47. The minimum Gasteiger partial charge on any atom is -0.493 e. The van der Waals surface area contributed by atoms with Crippen LogP contribution in [-0.2, 0) is 9.59 Å². The van der Waals surface area contributed by atoms with Gasteiger partial charge in [0.2, 0.25) is 0 Å². The van der Waals surface area contributed by atoms with E-state index in [9.17, 15) is 9.59 Å². The van der Waals surface area contributed by atoms with Gasteiger partial charge in [0.25, 0.3) is 11.8 Å². The number of nitrogens with zero attached hydrogens (tertiary/aromatic N) is 1. The average molecular weight is 429 g/mol. The van der Waals surface area contributed by atoms with Gasteiger partial charge in [0.15, 0.2) is 18.1 Å². The maximum atomic E-state index is 12.3. The van der Waals surface area contributed by atoms with Crippen LogP contribution in [0.3, 0.4) is 0 Å². The SMILES string of the molecule is CCN1C(=O)/C(=C\c2ccc(OCC(=O)Nc3ccccc3)c(OC)c2)SC1=S. The quantitative estimate of drug-likeness (QED) is 0.532. The van der Waals surface area contributed by atoms with Gasteiger partial charge in [-0.1, -0.05) is 48.2 Å². The third kappa shape index (κ3) is 5.16. The first kappa shape index (κ1) is 20.9. The van der Waals surface area contributed by atoms with E-state index < -0.39 is 0 Å². The smallest absolute Gasteiger partial charge is 0.266 e. The van der Waals surface area contributed by atoms with Crippen molar-refractivity contribution in [3.05, 3.63) is 59.0 Å². The molecule has 0 aromatic heterocycles. The second kappa shape index (κ2) is 9.58. The molecule has 0 radical (unpaired) electrons. The highest BCUT2D eigenvalue weighted by molar-refractivity contribution is 8.26. The zero-order valence-electron chi connectivity index (χ0n) is 16.0. The Morgan fingerprint density at radius 3 is 2.62 bits per heavy atom. The molecule has 1 aliphatic rings. The van der Waals surface area contributed by atoms with Crippen molar-refractivity contribution in [3.63, 3.8) is 0 Å². The summed E-state index contributed by atoms with van der Waals surface area (Å²) >= 11 is 6.51. The Morgan fingerprint density at radius 1 is 1.21 bits per heavy atom. The van der Waals surface area contributed by atoms with Gasteiger partial charge in [0, 0.05) is 12.2 Å². The van der Waals surface area contributed by atoms with Crippen molar-refractivity contribution in [1.29, 1.82) is 0 Å². The molecule has 1 aliphatic heterocycles. The number of carbonyl (C=O) groups excluding carboxylic acids is 2. The fraction of sp³-hybridized carbons (Fsp3) is 0.190. The van der Waals surface area contributed by atoms with Gasteiger partial charge in [0.05, 0.1) is 12.0 Å². The molecule has 0 aliphatic carbocycles. The molecular formula is C21H20N2O4S2. The van der Waals surface area contributed by atoms with E-state index in [1.54, 1.807) is 41.3 Å². The molecule has 2 aromatic rings. The standard InChI is InChI=1S/C21H20N2O4S2/c1-3-23-20(25)18(29-21(23)28)12-14-9-10-16(17(11-14)26-2)27-13-19(24)22-15-7-5-4-6-8-15/h4-12H,3,13H2,1-2H3,(H,22,24)/b18-12+. The second-order valence-corrected chi connectivity index (χ2v) is 7.71. The summed E-state index contributed by atoms with van der Waals surface area (Å²) in [5, 5.41) is 2.76. The Balaban J connectivity index is 1.68. The van der Waals surface area contributed by atoms with Crippen molar-refractivity contribution >= 4 is 51.9 Å². The molecule has 2 aromatic carbocycles. The normalized spacial score (nSPS) is 15.0. The lowest BCUT2D eigenvalue weighted by Gasteiger charge is -2.12. The number of benzene rings is 2. The molecule has 3 rings (SSSR count). The maximum Gasteiger partial charge on any atom is 0.266 e. The first-order chi connectivity index (χ1) is 14.0. The van der Waals surface area contributed by atoms with Crippen molar-refractivity contribution in [3.8, 4) is 11.5 Å². The van der Waals surface area contributed by atoms with Gasteiger partial charge in [-0.3, -0.25) is 14.5 Å². The van der Waals surface area contributed by atoms with Gasteiger partial charge in [-0.05, 0) is 42.8 Å². The summed E-state index contributed by atoms with van der Waals surface area (Å²) in [6, 6.07) is 14.4. The zero-order chi connectivity index (χ0) is 20.8. The lowest BCUT2D eigenvalue weighted by molar-refractivity contribution is -0.122. The molecule has 29 heavy (non-hydrogen) atoms. The summed E-state index contributed by atoms with van der Waals surface area (Å²) in [6.45, 7) is 2.28. The molecule has 1 N–H and O–H groups in total. The number of thioether (sulfide) groups is 1. The number of anilines is 1. The van der Waals surface area contributed by atoms with Crippen LogP contribution in [0.1, 0.15) is 12.5 Å². The number of amides is 2. The van der Waals surface area contributed by atoms with E-state index in [1.165, 1.54) is 18.9 Å². The third-order valence-electron chi connectivity index (χ3n) is 4.09. The number of para-hydroxylation sites is 1. The Bertz CT molecular complexity index is 960. The molecule has 8 heteroatoms. The van der Waals surface area contributed by atoms with Crippen LogP contribution in [0.2, 0.25) is 0 Å². The van der Waals surface area contributed by atoms with E-state index in [1.807, 2.05) is 25.1 Å². The van der Waals surface area contributed by atoms with Crippen LogP contribution in [-0.4, -0.2) is 41.3 Å². The Kier molecular flexibility index (Phi) is 6.90. The zero-order valence-corrected chi connectivity index (χ0v) is 17.6. The van der Waals surface area contributed by atoms with Crippen LogP contribution < -0.4 is 14.8 Å². The molecule has 1 fully saturated rings. The molecule has 6 nitrogen and oxygen atoms in total. The Labute approximate surface area is 178 Å². The van der Waals surface area contributed by atoms with Crippen LogP contribution in [0, 0.1) is 0 Å². The molecule has 0 unspecified atom stereocenters. The summed E-state index contributed by atoms with van der Waals surface area (Å²) in [6.07, 6.45) is 1.77. The fourth-order valence-corrected chi connectivity index (χ4v) is 4.06. The summed E-state index contributed by atoms with van der Waals surface area (Å²) in [7, 11) is 1.52. The van der Waals surface area contributed by atoms with Crippen LogP contribution in [0.25, 0.3) is 6.08 Å². The molecule has 150 valence electrons. The Morgan fingerprint density at radius 2 is 1.97 bits per heavy atom. The number of ether oxygens (including phenoxy) is 2. The number of hydrogen-bond donors (Lipinski definition) is 1. The molecule has 1 saturated heterocycles. The molecular weight excluding hydrogens is 408 g/mol. The highest BCUT2D eigenvalue weighted by Gasteiger charge is 2.30. The van der Waals surface area contributed by atoms with Gasteiger partial charge >= 0.3 is 0 Å². The fourth-order valence-electron chi connectivity index (χ4n) is 2.68. The minimum absolute atomic E-state index is 0.0978. The molecule has 0 bridgehead atoms. The summed E-state index contributed by atoms with van der Waals surface area (Å²) in [5.41, 5.74) is 1.48. The number of thiocarbonyl (C=S) groups is 1. The topological polar surface area (TPSA) is 67.9 Å². The Hall–Kier alpha value is -2.84. The minimum atomic E-state index is -0.273. The highest BCUT2D eigenvalue weighted by atomic mass is 32.2. The number of likely N-dealkylation sites (N-methyl/N-ethyl adjacent to an activating group) is 1. The van der Waals surface area contributed by atoms with Crippen molar-refractivity contribution in [2.75, 3.05) is 25.6 Å². The predicted octanol–water partition coefficient (Wildman–Crippen LogP) is 3.93. The number of nitrogens with one attached hydrogen (secondary N) is 1. The van der Waals surface area contributed by atoms with Gasteiger partial charge in [-0.25, -0.2) is 0 Å². The number of rotatable bonds is 7. The molecule has 0 spiro atoms. The molecule has 2 amide bonds. The van der Waals surface area contributed by atoms with E-state index in [0.717, 1.165) is 5.56 Å². The summed E-state index contributed by atoms with van der Waals surface area (Å²) in [5.74, 6) is 0.538. The highest BCUT2D eigenvalue weighted by Crippen LogP contribution is 2.34. The van der Waals surface area contributed by atoms with Crippen molar-refractivity contribution in [2.24, 2.45) is 0 Å². The first-order valence-corrected chi connectivity index (χ1v) is 10.2. The second-order valence-electron chi connectivity index (χ2n) is 6.04. The monoisotopic (exact) mass is 428 g/mol. The first-order valence-electron chi connectivity index (χ1n) is 8.93. The summed E-state index contributed by atoms with van der Waals surface area (Å²) < 4.78 is 11.5. The van der Waals surface area contributed by atoms with Gasteiger partial charge in [0.1, 0.15) is 4.32 Å². The molecule has 1 heterocycles. The van der Waals surface area contributed by atoms with E-state index in [0.29, 0.717) is 33.0 Å². The van der Waals surface area contributed by atoms with Gasteiger partial charge < -0.3 is 14.8 Å². The lowest BCUT2D eigenvalue weighted by Crippen LogP contribution is -2.27. The van der Waals surface area contributed by atoms with Crippen molar-refractivity contribution < 1.29 is 19.1 Å². The van der Waals surface area contributed by atoms with Crippen molar-refractivity contribution in [1.82, 2.24) is 4.90 Å². The van der Waals surface area contributed by atoms with Crippen molar-refractivity contribution in [2.45, 2.75) is 6.92 Å². The average Bonchev–Trinajstić information content (AvgIpc) is 2.99. The predicted molar refractivity (Wildman–Crippen MR) is 119 cm³/mol. The maximum absolute atomic E-state index is 12.3. The lowest BCUT2D eigenvalue weighted by atomic mass is 10.2. The van der Waals surface area contributed by atoms with Crippen LogP contribution in [0.4, 0.5) is 5.69 Å². The molecule has 0 atom stereocenters. The van der Waals surface area contributed by atoms with E-state index in [4.69, 9.17) is 21.7 Å². The van der Waals surface area contributed by atoms with Crippen LogP contribution in [0.15, 0.2) is 53.4 Å². The summed E-state index contributed by atoms with van der Waals surface area (Å²) in [4.78, 5) is 26.5. The number of hydrogen-bond acceptors (Lipinski definition) is 6. The number of methoxy groups -OCH3 is 1.